The summed E-state index contributed by atoms with van der Waals surface area (Å²) < 4.78 is 97.7. The Bertz CT molecular complexity index is 1740. The number of benzene rings is 1. The number of aromatic nitrogens is 4. The highest BCUT2D eigenvalue weighted by atomic mass is 35.5. The Balaban J connectivity index is 0.00000151. The topological polar surface area (TPSA) is 124 Å². The maximum atomic E-state index is 15.3. The van der Waals surface area contributed by atoms with Gasteiger partial charge in [-0.05, 0) is 26.6 Å². The molecule has 1 fully saturated rings. The molecule has 0 radical (unpaired) electrons. The molecular weight excluding hydrogens is 705 g/mol. The van der Waals surface area contributed by atoms with Gasteiger partial charge in [0.2, 0.25) is 0 Å². The fourth-order valence-corrected chi connectivity index (χ4v) is 6.24. The van der Waals surface area contributed by atoms with E-state index in [1.54, 1.807) is 23.7 Å². The normalized spacial score (nSPS) is 19.6. The molecule has 3 aromatic rings. The molecule has 268 valence electrons. The number of nitrogens with one attached hydrogen (secondary N) is 1. The van der Waals surface area contributed by atoms with Crippen molar-refractivity contribution >= 4 is 40.6 Å². The van der Waals surface area contributed by atoms with Crippen LogP contribution >= 0.6 is 23.2 Å². The number of aryl methyl sites for hydroxylation is 1. The van der Waals surface area contributed by atoms with E-state index in [9.17, 15) is 26.7 Å². The maximum Gasteiger partial charge on any atom is 0.418 e. The van der Waals surface area contributed by atoms with Gasteiger partial charge in [-0.15, -0.1) is 0 Å². The molecule has 1 saturated carbocycles. The molecule has 2 aliphatic heterocycles. The molecule has 0 spiro atoms. The van der Waals surface area contributed by atoms with E-state index in [0.29, 0.717) is 36.8 Å². The van der Waals surface area contributed by atoms with Gasteiger partial charge in [0.25, 0.3) is 11.8 Å². The first-order valence-electron chi connectivity index (χ1n) is 15.1. The van der Waals surface area contributed by atoms with Crippen molar-refractivity contribution in [3.05, 3.63) is 55.7 Å². The Morgan fingerprint density at radius 1 is 1.22 bits per heavy atom. The monoisotopic (exact) mass is 738 g/mol. The quantitative estimate of drug-likeness (QED) is 0.249. The first-order chi connectivity index (χ1) is 23.0. The predicted octanol–water partition coefficient (Wildman–Crippen LogP) is 5.52. The van der Waals surface area contributed by atoms with Crippen molar-refractivity contribution in [3.8, 4) is 6.01 Å². The summed E-state index contributed by atoms with van der Waals surface area (Å²) in [6.07, 6.45) is -6.75. The van der Waals surface area contributed by atoms with Crippen LogP contribution in [0.2, 0.25) is 10.0 Å². The zero-order valence-corrected chi connectivity index (χ0v) is 28.4. The number of rotatable bonds is 6. The van der Waals surface area contributed by atoms with E-state index in [1.165, 1.54) is 4.90 Å². The summed E-state index contributed by atoms with van der Waals surface area (Å²) >= 11 is 12.5. The summed E-state index contributed by atoms with van der Waals surface area (Å²) in [5, 5.41) is 6.49. The lowest BCUT2D eigenvalue weighted by molar-refractivity contribution is -0.140. The molecule has 1 amide bonds. The smallest absolute Gasteiger partial charge is 0.418 e. The number of hydrogen-bond acceptors (Lipinski definition) is 9. The van der Waals surface area contributed by atoms with Crippen LogP contribution in [0.5, 0.6) is 6.01 Å². The summed E-state index contributed by atoms with van der Waals surface area (Å²) in [7, 11) is 6.88. The number of nitrogens with two attached hydrogens (primary N) is 1. The van der Waals surface area contributed by atoms with Crippen molar-refractivity contribution in [1.29, 1.82) is 0 Å². The summed E-state index contributed by atoms with van der Waals surface area (Å²) in [5.41, 5.74) is 3.87. The maximum absolute atomic E-state index is 15.3. The molecule has 0 bridgehead atoms. The van der Waals surface area contributed by atoms with Crippen LogP contribution in [0.3, 0.4) is 0 Å². The molecule has 2 aromatic heterocycles. The Kier molecular flexibility index (Phi) is 10.5. The lowest BCUT2D eigenvalue weighted by Gasteiger charge is -2.32. The van der Waals surface area contributed by atoms with Gasteiger partial charge in [-0.3, -0.25) is 9.48 Å². The average Bonchev–Trinajstić information content (AvgIpc) is 3.61. The highest BCUT2D eigenvalue weighted by Gasteiger charge is 2.57. The molecule has 0 saturated heterocycles. The van der Waals surface area contributed by atoms with Crippen LogP contribution in [-0.2, 0) is 37.0 Å². The van der Waals surface area contributed by atoms with E-state index >= 15 is 4.39 Å². The Morgan fingerprint density at radius 3 is 2.51 bits per heavy atom. The first kappa shape index (κ1) is 36.7. The van der Waals surface area contributed by atoms with Gasteiger partial charge in [0, 0.05) is 51.2 Å². The molecule has 2 atom stereocenters. The van der Waals surface area contributed by atoms with Crippen LogP contribution in [0.15, 0.2) is 6.07 Å². The number of hydrogen-bond donors (Lipinski definition) is 2. The summed E-state index contributed by atoms with van der Waals surface area (Å²) in [4.78, 5) is 24.6. The van der Waals surface area contributed by atoms with E-state index in [2.05, 4.69) is 20.4 Å². The second kappa shape index (κ2) is 14.0. The third-order valence-electron chi connectivity index (χ3n) is 8.15. The Labute approximate surface area is 287 Å². The van der Waals surface area contributed by atoms with Crippen molar-refractivity contribution in [1.82, 2.24) is 30.0 Å². The number of amides is 1. The minimum Gasteiger partial charge on any atom is -0.463 e. The molecule has 2 unspecified atom stereocenters. The zero-order valence-electron chi connectivity index (χ0n) is 26.9. The number of nitrogens with zero attached hydrogens (tertiary/aromatic N) is 6. The molecule has 1 aromatic carbocycles. The van der Waals surface area contributed by atoms with Crippen LogP contribution < -0.4 is 20.7 Å². The van der Waals surface area contributed by atoms with Crippen LogP contribution in [-0.4, -0.2) is 77.8 Å². The molecule has 3 aliphatic rings. The molecule has 3 N–H and O–H groups in total. The number of anilines is 2. The molecule has 49 heavy (non-hydrogen) atoms. The number of ether oxygens (including phenoxy) is 2. The second-order valence-electron chi connectivity index (χ2n) is 12.1. The minimum absolute atomic E-state index is 0.0667. The third-order valence-corrected chi connectivity index (χ3v) is 8.85. The summed E-state index contributed by atoms with van der Waals surface area (Å²) in [6.45, 7) is 0.178. The Morgan fingerprint density at radius 2 is 1.90 bits per heavy atom. The van der Waals surface area contributed by atoms with E-state index < -0.39 is 64.3 Å². The van der Waals surface area contributed by atoms with Gasteiger partial charge in [0.15, 0.2) is 11.5 Å². The van der Waals surface area contributed by atoms with Crippen molar-refractivity contribution < 1.29 is 40.6 Å². The minimum atomic E-state index is -5.04. The van der Waals surface area contributed by atoms with Crippen LogP contribution in [0.1, 0.15) is 57.5 Å². The summed E-state index contributed by atoms with van der Waals surface area (Å²) in [5.74, 6) is -5.38. The average molecular weight is 740 g/mol. The van der Waals surface area contributed by atoms with Gasteiger partial charge in [0.05, 0.1) is 57.9 Å². The van der Waals surface area contributed by atoms with Gasteiger partial charge in [-0.1, -0.05) is 23.2 Å². The predicted molar refractivity (Wildman–Crippen MR) is 169 cm³/mol. The molecule has 4 heterocycles. The highest BCUT2D eigenvalue weighted by Crippen LogP contribution is 2.49. The van der Waals surface area contributed by atoms with E-state index in [0.717, 1.165) is 0 Å². The third kappa shape index (κ3) is 7.49. The zero-order chi connectivity index (χ0) is 36.0. The second-order valence-corrected chi connectivity index (χ2v) is 12.9. The molecule has 19 heteroatoms. The van der Waals surface area contributed by atoms with Crippen molar-refractivity contribution in [3.63, 3.8) is 0 Å². The number of carbonyl (C=O) groups excluding carboxylic acids is 1. The van der Waals surface area contributed by atoms with Crippen LogP contribution in [0.25, 0.3) is 0 Å². The molecule has 11 nitrogen and oxygen atoms in total. The van der Waals surface area contributed by atoms with Crippen molar-refractivity contribution in [2.75, 3.05) is 52.0 Å². The molecule has 1 aliphatic carbocycles. The lowest BCUT2D eigenvalue weighted by atomic mass is 9.93. The fourth-order valence-electron chi connectivity index (χ4n) is 5.64. The van der Waals surface area contributed by atoms with Crippen LogP contribution in [0, 0.1) is 11.7 Å². The van der Waals surface area contributed by atoms with Gasteiger partial charge in [0.1, 0.15) is 12.4 Å². The number of fused-ring (bicyclic) bond motifs is 2. The lowest BCUT2D eigenvalue weighted by Crippen LogP contribution is -2.29. The Hall–Kier alpha value is -3.54. The van der Waals surface area contributed by atoms with E-state index in [-0.39, 0.29) is 54.2 Å². The first-order valence-corrected chi connectivity index (χ1v) is 15.9. The van der Waals surface area contributed by atoms with E-state index in [1.807, 2.05) is 14.1 Å². The van der Waals surface area contributed by atoms with Gasteiger partial charge in [-0.2, -0.15) is 28.2 Å². The number of carbonyl (C=O) groups is 1. The van der Waals surface area contributed by atoms with Crippen LogP contribution in [0.4, 0.5) is 37.8 Å². The van der Waals surface area contributed by atoms with Gasteiger partial charge in [-0.25, -0.2) is 13.2 Å². The highest BCUT2D eigenvalue weighted by molar-refractivity contribution is 6.34. The van der Waals surface area contributed by atoms with E-state index in [4.69, 9.17) is 38.4 Å². The number of nitrogen functional groups attached to an aromatic ring is 1. The number of halogens is 8. The standard InChI is InChI=1S/C28H27Cl2F6N7O3.C2H7N/c1-41(2)25(44)23-21(30)17-9-42(4-3-5-43(17)40-23)24-13-11-45-18(19-20(28(34,35)36)14(29)6-15(37)22(19)31)7-16(13)38-26(39-24)46-10-12-8-27(12,32)33;1-3-2/h6,12,18H,3-5,7-11,37H2,1-2H3;3H,1-2H3. The largest absolute Gasteiger partial charge is 0.463 e. The van der Waals surface area contributed by atoms with Gasteiger partial charge >= 0.3 is 12.2 Å². The van der Waals surface area contributed by atoms with Gasteiger partial charge < -0.3 is 30.3 Å². The molecular formula is C30H34Cl2F6N8O3. The van der Waals surface area contributed by atoms with Crippen molar-refractivity contribution in [2.45, 2.75) is 57.2 Å². The number of alkyl halides is 5. The fraction of sp³-hybridized carbons (Fsp3) is 0.533. The SMILES string of the molecule is CN(C)C(=O)c1nn2c(c1Cl)CN(c1nc(OCC3CC3(F)F)nc3c1COC(c1c(F)c(N)cc(Cl)c1C(F)(F)F)C3)CCC2.CNC. The molecule has 6 rings (SSSR count). The van der Waals surface area contributed by atoms with Crippen molar-refractivity contribution in [2.24, 2.45) is 5.92 Å². The summed E-state index contributed by atoms with van der Waals surface area (Å²) in [6, 6.07) is 0.401.